The minimum atomic E-state index is -0.479. The molecule has 1 fully saturated rings. The number of amides is 2. The summed E-state index contributed by atoms with van der Waals surface area (Å²) < 4.78 is 0. The Kier molecular flexibility index (Phi) is 9.36. The van der Waals surface area contributed by atoms with Crippen LogP contribution in [-0.2, 0) is 14.4 Å². The number of likely N-dealkylation sites (tertiary alicyclic amines) is 1. The molecular formula is C27H32N4O5. The smallest absolute Gasteiger partial charge is 0.269 e. The van der Waals surface area contributed by atoms with Gasteiger partial charge in [0.2, 0.25) is 11.8 Å². The average Bonchev–Trinajstić information content (AvgIpc) is 2.87. The van der Waals surface area contributed by atoms with Crippen molar-refractivity contribution in [3.8, 4) is 0 Å². The highest BCUT2D eigenvalue weighted by Gasteiger charge is 2.25. The SMILES string of the molecule is CCCC(=O)N(CCC(=C=O)N1CCC(c2ccccc2NC(C)=O)CC1)c1ccc([N+](=O)[O-])cc1. The van der Waals surface area contributed by atoms with E-state index in [1.165, 1.54) is 19.1 Å². The zero-order chi connectivity index (χ0) is 26.1. The van der Waals surface area contributed by atoms with Gasteiger partial charge in [0.15, 0.2) is 0 Å². The molecule has 1 aliphatic heterocycles. The Hall–Kier alpha value is -3.97. The molecule has 1 N–H and O–H groups in total. The molecule has 1 aliphatic rings. The number of nitro groups is 1. The van der Waals surface area contributed by atoms with Crippen LogP contribution in [0.3, 0.4) is 0 Å². The first kappa shape index (κ1) is 26.6. The Labute approximate surface area is 210 Å². The number of carbonyl (C=O) groups is 2. The van der Waals surface area contributed by atoms with Crippen molar-refractivity contribution in [2.75, 3.05) is 29.9 Å². The lowest BCUT2D eigenvalue weighted by atomic mass is 9.88. The van der Waals surface area contributed by atoms with Crippen molar-refractivity contribution >= 4 is 34.8 Å². The van der Waals surface area contributed by atoms with Gasteiger partial charge in [-0.05, 0) is 48.9 Å². The van der Waals surface area contributed by atoms with Crippen molar-refractivity contribution in [1.29, 1.82) is 0 Å². The van der Waals surface area contributed by atoms with Gasteiger partial charge in [0.05, 0.1) is 4.92 Å². The summed E-state index contributed by atoms with van der Waals surface area (Å²) in [6.45, 7) is 5.03. The van der Waals surface area contributed by atoms with E-state index in [0.717, 1.165) is 24.1 Å². The average molecular weight is 493 g/mol. The van der Waals surface area contributed by atoms with Crippen molar-refractivity contribution in [2.24, 2.45) is 0 Å². The number of carbonyl (C=O) groups excluding carboxylic acids is 3. The van der Waals surface area contributed by atoms with Crippen LogP contribution in [0.25, 0.3) is 0 Å². The van der Waals surface area contributed by atoms with Gasteiger partial charge in [-0.3, -0.25) is 19.7 Å². The largest absolute Gasteiger partial charge is 0.366 e. The second-order valence-electron chi connectivity index (χ2n) is 8.90. The molecular weight excluding hydrogens is 460 g/mol. The molecule has 0 aromatic heterocycles. The monoisotopic (exact) mass is 492 g/mol. The fourth-order valence-corrected chi connectivity index (χ4v) is 4.61. The second kappa shape index (κ2) is 12.7. The predicted molar refractivity (Wildman–Crippen MR) is 138 cm³/mol. The van der Waals surface area contributed by atoms with Gasteiger partial charge < -0.3 is 15.1 Å². The molecule has 9 nitrogen and oxygen atoms in total. The number of anilines is 2. The third-order valence-electron chi connectivity index (χ3n) is 6.42. The number of piperidine rings is 1. The molecule has 0 atom stereocenters. The molecule has 36 heavy (non-hydrogen) atoms. The lowest BCUT2D eigenvalue weighted by Gasteiger charge is -2.35. The summed E-state index contributed by atoms with van der Waals surface area (Å²) in [4.78, 5) is 50.3. The zero-order valence-corrected chi connectivity index (χ0v) is 20.7. The molecule has 1 saturated heterocycles. The zero-order valence-electron chi connectivity index (χ0n) is 20.7. The highest BCUT2D eigenvalue weighted by atomic mass is 16.6. The van der Waals surface area contributed by atoms with Gasteiger partial charge in [-0.1, -0.05) is 25.1 Å². The topological polar surface area (TPSA) is 113 Å². The number of non-ortho nitro benzene ring substituents is 1. The van der Waals surface area contributed by atoms with Gasteiger partial charge in [-0.25, -0.2) is 4.79 Å². The second-order valence-corrected chi connectivity index (χ2v) is 8.90. The summed E-state index contributed by atoms with van der Waals surface area (Å²) in [5, 5.41) is 13.9. The summed E-state index contributed by atoms with van der Waals surface area (Å²) in [5.74, 6) is 2.14. The van der Waals surface area contributed by atoms with Gasteiger partial charge in [-0.2, -0.15) is 0 Å². The van der Waals surface area contributed by atoms with E-state index in [2.05, 4.69) is 11.3 Å². The van der Waals surface area contributed by atoms with Crippen LogP contribution in [-0.4, -0.2) is 47.2 Å². The maximum absolute atomic E-state index is 12.8. The number of nitrogens with one attached hydrogen (secondary N) is 1. The Bertz CT molecular complexity index is 1130. The summed E-state index contributed by atoms with van der Waals surface area (Å²) in [7, 11) is 0. The van der Waals surface area contributed by atoms with Gasteiger partial charge >= 0.3 is 0 Å². The quantitative estimate of drug-likeness (QED) is 0.293. The van der Waals surface area contributed by atoms with Crippen molar-refractivity contribution in [3.63, 3.8) is 0 Å². The molecule has 0 spiro atoms. The summed E-state index contributed by atoms with van der Waals surface area (Å²) in [6.07, 6.45) is 3.00. The number of nitro benzene ring substituents is 1. The van der Waals surface area contributed by atoms with Gasteiger partial charge in [0, 0.05) is 62.9 Å². The normalized spacial score (nSPS) is 13.6. The lowest BCUT2D eigenvalue weighted by Crippen LogP contribution is -2.36. The number of hydrogen-bond acceptors (Lipinski definition) is 6. The molecule has 2 aromatic carbocycles. The highest BCUT2D eigenvalue weighted by molar-refractivity contribution is 5.93. The van der Waals surface area contributed by atoms with Crippen molar-refractivity contribution in [3.05, 3.63) is 69.9 Å². The molecule has 0 aliphatic carbocycles. The highest BCUT2D eigenvalue weighted by Crippen LogP contribution is 2.34. The van der Waals surface area contributed by atoms with Gasteiger partial charge in [-0.15, -0.1) is 0 Å². The van der Waals surface area contributed by atoms with E-state index in [0.29, 0.717) is 43.7 Å². The van der Waals surface area contributed by atoms with Crippen LogP contribution in [0.1, 0.15) is 57.4 Å². The number of benzene rings is 2. The third-order valence-corrected chi connectivity index (χ3v) is 6.42. The fraction of sp³-hybridized carbons (Fsp3) is 0.407. The first-order valence-corrected chi connectivity index (χ1v) is 12.2. The maximum atomic E-state index is 12.8. The number of rotatable bonds is 10. The van der Waals surface area contributed by atoms with E-state index in [4.69, 9.17) is 0 Å². The van der Waals surface area contributed by atoms with Crippen LogP contribution in [0.15, 0.2) is 54.2 Å². The van der Waals surface area contributed by atoms with Crippen molar-refractivity contribution < 1.29 is 19.3 Å². The molecule has 2 amide bonds. The Morgan fingerprint density at radius 1 is 1.11 bits per heavy atom. The number of nitrogens with zero attached hydrogens (tertiary/aromatic N) is 3. The number of hydrogen-bond donors (Lipinski definition) is 1. The molecule has 3 rings (SSSR count). The Morgan fingerprint density at radius 3 is 2.36 bits per heavy atom. The third kappa shape index (κ3) is 6.79. The summed E-state index contributed by atoms with van der Waals surface area (Å²) in [6, 6.07) is 13.7. The first-order valence-electron chi connectivity index (χ1n) is 12.2. The van der Waals surface area contributed by atoms with Crippen LogP contribution in [0.2, 0.25) is 0 Å². The molecule has 190 valence electrons. The first-order chi connectivity index (χ1) is 17.3. The van der Waals surface area contributed by atoms with Gasteiger partial charge in [0.25, 0.3) is 5.69 Å². The standard InChI is InChI=1S/C27H32N4O5/c1-3-6-27(34)30(22-9-11-23(12-10-22)31(35)36)18-15-24(19-32)29-16-13-21(14-17-29)25-7-4-5-8-26(25)28-20(2)33/h4-5,7-12,21H,3,6,13-18H2,1-2H3,(H,28,33). The molecule has 0 unspecified atom stereocenters. The minimum absolute atomic E-state index is 0.0435. The number of para-hydroxylation sites is 1. The molecule has 1 heterocycles. The van der Waals surface area contributed by atoms with E-state index >= 15 is 0 Å². The van der Waals surface area contributed by atoms with Crippen LogP contribution in [0.5, 0.6) is 0 Å². The molecule has 2 aromatic rings. The molecule has 9 heteroatoms. The Balaban J connectivity index is 1.66. The van der Waals surface area contributed by atoms with Crippen LogP contribution in [0.4, 0.5) is 17.1 Å². The molecule has 0 bridgehead atoms. The van der Waals surface area contributed by atoms with E-state index in [-0.39, 0.29) is 30.0 Å². The van der Waals surface area contributed by atoms with Crippen molar-refractivity contribution in [2.45, 2.75) is 51.9 Å². The van der Waals surface area contributed by atoms with Crippen LogP contribution >= 0.6 is 0 Å². The Morgan fingerprint density at radius 2 is 1.78 bits per heavy atom. The summed E-state index contributed by atoms with van der Waals surface area (Å²) >= 11 is 0. The maximum Gasteiger partial charge on any atom is 0.269 e. The minimum Gasteiger partial charge on any atom is -0.366 e. The van der Waals surface area contributed by atoms with Crippen molar-refractivity contribution in [1.82, 2.24) is 4.90 Å². The van der Waals surface area contributed by atoms with E-state index in [1.807, 2.05) is 36.1 Å². The molecule has 0 saturated carbocycles. The van der Waals surface area contributed by atoms with Gasteiger partial charge in [0.1, 0.15) is 11.6 Å². The van der Waals surface area contributed by atoms with E-state index in [1.54, 1.807) is 17.0 Å². The van der Waals surface area contributed by atoms with E-state index in [9.17, 15) is 24.5 Å². The molecule has 0 radical (unpaired) electrons. The predicted octanol–water partition coefficient (Wildman–Crippen LogP) is 4.67. The van der Waals surface area contributed by atoms with Crippen LogP contribution < -0.4 is 10.2 Å². The van der Waals surface area contributed by atoms with E-state index < -0.39 is 4.92 Å². The summed E-state index contributed by atoms with van der Waals surface area (Å²) in [5.41, 5.74) is 2.96. The lowest BCUT2D eigenvalue weighted by molar-refractivity contribution is -0.384. The van der Waals surface area contributed by atoms with Crippen LogP contribution in [0, 0.1) is 10.1 Å². The fourth-order valence-electron chi connectivity index (χ4n) is 4.61.